The molecule has 0 spiro atoms. The topological polar surface area (TPSA) is 69.6 Å². The Morgan fingerprint density at radius 2 is 0.840 bits per heavy atom. The first-order chi connectivity index (χ1) is 24.7. The molecule has 0 aliphatic heterocycles. The molecule has 0 aromatic heterocycles. The van der Waals surface area contributed by atoms with Gasteiger partial charge in [-0.1, -0.05) is 223 Å². The van der Waals surface area contributed by atoms with Gasteiger partial charge in [0.2, 0.25) is 5.91 Å². The van der Waals surface area contributed by atoms with E-state index in [1.165, 1.54) is 148 Å². The lowest BCUT2D eigenvalue weighted by Crippen LogP contribution is -2.45. The predicted octanol–water partition coefficient (Wildman–Crippen LogP) is 13.6. The van der Waals surface area contributed by atoms with Crippen LogP contribution in [0.1, 0.15) is 219 Å². The summed E-state index contributed by atoms with van der Waals surface area (Å²) < 4.78 is 0. The van der Waals surface area contributed by atoms with Gasteiger partial charge in [-0.2, -0.15) is 0 Å². The highest BCUT2D eigenvalue weighted by atomic mass is 16.3. The van der Waals surface area contributed by atoms with E-state index in [0.717, 1.165) is 38.5 Å². The zero-order chi connectivity index (χ0) is 36.4. The molecule has 2 unspecified atom stereocenters. The Bertz CT molecular complexity index is 801. The molecule has 0 saturated heterocycles. The highest BCUT2D eigenvalue weighted by molar-refractivity contribution is 5.76. The molecule has 0 fully saturated rings. The standard InChI is InChI=1S/C46H85NO3/c1-3-5-7-9-11-13-15-17-18-19-20-21-22-23-24-25-26-27-28-30-31-33-35-37-39-41-45(49)44(43-48)47-46(50)42-40-38-36-34-32-29-16-14-12-10-8-6-4-2/h6,8,12,14,29,32,36,38,44-45,48-49H,3-5,7,9-11,13,15-28,30-31,33-35,37,39-43H2,1-2H3,(H,47,50)/b8-6-,14-12-,32-29-,38-36-. The van der Waals surface area contributed by atoms with Gasteiger partial charge in [-0.25, -0.2) is 0 Å². The number of carbonyl (C=O) groups excluding carboxylic acids is 1. The van der Waals surface area contributed by atoms with Gasteiger partial charge in [-0.05, 0) is 38.5 Å². The molecule has 0 aliphatic carbocycles. The molecule has 1 amide bonds. The maximum Gasteiger partial charge on any atom is 0.220 e. The second-order valence-electron chi connectivity index (χ2n) is 14.7. The molecule has 4 heteroatoms. The van der Waals surface area contributed by atoms with Crippen LogP contribution in [0.5, 0.6) is 0 Å². The fourth-order valence-electron chi connectivity index (χ4n) is 6.55. The van der Waals surface area contributed by atoms with Crippen molar-refractivity contribution in [1.29, 1.82) is 0 Å². The van der Waals surface area contributed by atoms with Crippen molar-refractivity contribution in [2.45, 2.75) is 231 Å². The Hall–Kier alpha value is -1.65. The summed E-state index contributed by atoms with van der Waals surface area (Å²) in [6.45, 7) is 4.21. The maximum absolute atomic E-state index is 12.3. The molecule has 0 aromatic rings. The summed E-state index contributed by atoms with van der Waals surface area (Å²) in [5, 5.41) is 23.1. The van der Waals surface area contributed by atoms with Crippen LogP contribution in [0, 0.1) is 0 Å². The molecular formula is C46H85NO3. The minimum atomic E-state index is -0.689. The first-order valence-electron chi connectivity index (χ1n) is 21.8. The normalized spacial score (nSPS) is 13.4. The molecule has 4 nitrogen and oxygen atoms in total. The van der Waals surface area contributed by atoms with Gasteiger partial charge < -0.3 is 15.5 Å². The minimum absolute atomic E-state index is 0.111. The van der Waals surface area contributed by atoms with Gasteiger partial charge in [0, 0.05) is 6.42 Å². The summed E-state index contributed by atoms with van der Waals surface area (Å²) in [6.07, 6.45) is 56.4. The van der Waals surface area contributed by atoms with Gasteiger partial charge in [0.1, 0.15) is 0 Å². The quantitative estimate of drug-likeness (QED) is 0.0442. The SMILES string of the molecule is CC/C=C\C/C=C\C/C=C\C/C=C\CCC(=O)NC(CO)C(O)CCCCCCCCCCCCCCCCCCCCCCCCCCC. The van der Waals surface area contributed by atoms with Crippen molar-refractivity contribution in [3.8, 4) is 0 Å². The van der Waals surface area contributed by atoms with Crippen molar-refractivity contribution in [1.82, 2.24) is 5.32 Å². The van der Waals surface area contributed by atoms with Crippen LogP contribution < -0.4 is 5.32 Å². The second-order valence-corrected chi connectivity index (χ2v) is 14.7. The zero-order valence-electron chi connectivity index (χ0n) is 33.4. The highest BCUT2D eigenvalue weighted by Gasteiger charge is 2.19. The number of allylic oxidation sites excluding steroid dienone is 8. The lowest BCUT2D eigenvalue weighted by Gasteiger charge is -2.22. The number of nitrogens with one attached hydrogen (secondary N) is 1. The Balaban J connectivity index is 3.52. The van der Waals surface area contributed by atoms with Crippen LogP contribution in [0.2, 0.25) is 0 Å². The number of amides is 1. The van der Waals surface area contributed by atoms with Crippen molar-refractivity contribution in [2.75, 3.05) is 6.61 Å². The number of aliphatic hydroxyl groups excluding tert-OH is 2. The molecular weight excluding hydrogens is 615 g/mol. The number of unbranched alkanes of at least 4 members (excludes halogenated alkanes) is 24. The van der Waals surface area contributed by atoms with Crippen LogP contribution in [0.4, 0.5) is 0 Å². The summed E-state index contributed by atoms with van der Waals surface area (Å²) in [5.41, 5.74) is 0. The van der Waals surface area contributed by atoms with E-state index in [1.54, 1.807) is 0 Å². The van der Waals surface area contributed by atoms with Crippen LogP contribution in [-0.2, 0) is 4.79 Å². The molecule has 2 atom stereocenters. The number of aliphatic hydroxyl groups is 2. The molecule has 3 N–H and O–H groups in total. The van der Waals surface area contributed by atoms with Gasteiger partial charge in [-0.3, -0.25) is 4.79 Å². The highest BCUT2D eigenvalue weighted by Crippen LogP contribution is 2.16. The summed E-state index contributed by atoms with van der Waals surface area (Å²) in [4.78, 5) is 12.3. The molecule has 0 saturated carbocycles. The number of carbonyl (C=O) groups is 1. The Morgan fingerprint density at radius 1 is 0.500 bits per heavy atom. The monoisotopic (exact) mass is 700 g/mol. The third-order valence-corrected chi connectivity index (χ3v) is 9.87. The summed E-state index contributed by atoms with van der Waals surface area (Å²) in [5.74, 6) is -0.111. The Morgan fingerprint density at radius 3 is 1.20 bits per heavy atom. The van der Waals surface area contributed by atoms with Crippen LogP contribution in [0.25, 0.3) is 0 Å². The second kappa shape index (κ2) is 41.8. The predicted molar refractivity (Wildman–Crippen MR) is 221 cm³/mol. The van der Waals surface area contributed by atoms with E-state index in [0.29, 0.717) is 19.3 Å². The number of hydrogen-bond donors (Lipinski definition) is 3. The van der Waals surface area contributed by atoms with E-state index in [1.807, 2.05) is 6.08 Å². The fraction of sp³-hybridized carbons (Fsp3) is 0.804. The first-order valence-corrected chi connectivity index (χ1v) is 21.8. The first kappa shape index (κ1) is 48.3. The zero-order valence-corrected chi connectivity index (χ0v) is 33.4. The van der Waals surface area contributed by atoms with E-state index >= 15 is 0 Å². The van der Waals surface area contributed by atoms with Crippen molar-refractivity contribution in [3.63, 3.8) is 0 Å². The van der Waals surface area contributed by atoms with Crippen molar-refractivity contribution >= 4 is 5.91 Å². The average Bonchev–Trinajstić information content (AvgIpc) is 3.12. The third-order valence-electron chi connectivity index (χ3n) is 9.87. The number of hydrogen-bond acceptors (Lipinski definition) is 3. The molecule has 0 radical (unpaired) electrons. The van der Waals surface area contributed by atoms with E-state index in [9.17, 15) is 15.0 Å². The van der Waals surface area contributed by atoms with Gasteiger partial charge in [0.15, 0.2) is 0 Å². The average molecular weight is 700 g/mol. The van der Waals surface area contributed by atoms with Gasteiger partial charge in [0.05, 0.1) is 18.8 Å². The van der Waals surface area contributed by atoms with E-state index in [2.05, 4.69) is 61.7 Å². The van der Waals surface area contributed by atoms with Crippen LogP contribution in [0.3, 0.4) is 0 Å². The van der Waals surface area contributed by atoms with Crippen LogP contribution >= 0.6 is 0 Å². The van der Waals surface area contributed by atoms with Crippen molar-refractivity contribution < 1.29 is 15.0 Å². The van der Waals surface area contributed by atoms with E-state index in [-0.39, 0.29) is 12.5 Å². The molecule has 0 aliphatic rings. The van der Waals surface area contributed by atoms with Gasteiger partial charge in [-0.15, -0.1) is 0 Å². The molecule has 0 rings (SSSR count). The van der Waals surface area contributed by atoms with Gasteiger partial charge >= 0.3 is 0 Å². The van der Waals surface area contributed by atoms with Crippen molar-refractivity contribution in [2.24, 2.45) is 0 Å². The summed E-state index contributed by atoms with van der Waals surface area (Å²) in [6, 6.07) is -0.575. The van der Waals surface area contributed by atoms with Gasteiger partial charge in [0.25, 0.3) is 0 Å². The minimum Gasteiger partial charge on any atom is -0.394 e. The molecule has 0 heterocycles. The molecule has 292 valence electrons. The summed E-state index contributed by atoms with van der Waals surface area (Å²) >= 11 is 0. The maximum atomic E-state index is 12.3. The number of rotatable bonds is 39. The van der Waals surface area contributed by atoms with Crippen LogP contribution in [-0.4, -0.2) is 34.9 Å². The largest absolute Gasteiger partial charge is 0.394 e. The lowest BCUT2D eigenvalue weighted by molar-refractivity contribution is -0.123. The van der Waals surface area contributed by atoms with E-state index in [4.69, 9.17) is 0 Å². The lowest BCUT2D eigenvalue weighted by atomic mass is 10.0. The molecule has 0 aromatic carbocycles. The molecule has 50 heavy (non-hydrogen) atoms. The molecule has 0 bridgehead atoms. The smallest absolute Gasteiger partial charge is 0.220 e. The van der Waals surface area contributed by atoms with Crippen LogP contribution in [0.15, 0.2) is 48.6 Å². The Labute approximate surface area is 312 Å². The Kier molecular flexibility index (Phi) is 40.4. The summed E-state index contributed by atoms with van der Waals surface area (Å²) in [7, 11) is 0. The fourth-order valence-corrected chi connectivity index (χ4v) is 6.55. The van der Waals surface area contributed by atoms with Crippen molar-refractivity contribution in [3.05, 3.63) is 48.6 Å². The third kappa shape index (κ3) is 37.6. The van der Waals surface area contributed by atoms with E-state index < -0.39 is 12.1 Å².